The van der Waals surface area contributed by atoms with Crippen LogP contribution in [0.5, 0.6) is 0 Å². The zero-order valence-electron chi connectivity index (χ0n) is 7.40. The summed E-state index contributed by atoms with van der Waals surface area (Å²) in [4.78, 5) is 4.17. The van der Waals surface area contributed by atoms with E-state index >= 15 is 0 Å². The van der Waals surface area contributed by atoms with Gasteiger partial charge in [-0.2, -0.15) is 11.8 Å². The molecular weight excluding hydrogens is 186 g/mol. The third kappa shape index (κ3) is 2.25. The first-order valence-electron chi connectivity index (χ1n) is 4.50. The normalized spacial score (nSPS) is 22.4. The fourth-order valence-electron chi connectivity index (χ4n) is 1.51. The second-order valence-corrected chi connectivity index (χ2v) is 4.47. The van der Waals surface area contributed by atoms with Gasteiger partial charge in [0.1, 0.15) is 12.0 Å². The molecule has 1 fully saturated rings. The van der Waals surface area contributed by atoms with Crippen LogP contribution in [0.25, 0.3) is 0 Å². The number of hydrogen-bond donors (Lipinski definition) is 1. The molecule has 3 nitrogen and oxygen atoms in total. The van der Waals surface area contributed by atoms with Gasteiger partial charge in [-0.3, -0.25) is 0 Å². The number of aromatic nitrogens is 1. The van der Waals surface area contributed by atoms with Gasteiger partial charge in [-0.15, -0.1) is 0 Å². The molecule has 1 unspecified atom stereocenters. The predicted molar refractivity (Wildman–Crippen MR) is 51.6 cm³/mol. The molecule has 0 saturated carbocycles. The average Bonchev–Trinajstić information content (AvgIpc) is 2.76. The summed E-state index contributed by atoms with van der Waals surface area (Å²) in [6, 6.07) is 0. The standard InChI is InChI=1S/C9H13NO2S/c11-4-8-5-12-9(10-8)3-7-1-2-13-6-7/h5,7,11H,1-4,6H2. The Morgan fingerprint density at radius 2 is 2.62 bits per heavy atom. The largest absolute Gasteiger partial charge is 0.449 e. The molecule has 13 heavy (non-hydrogen) atoms. The van der Waals surface area contributed by atoms with E-state index in [0.717, 1.165) is 18.2 Å². The molecule has 1 saturated heterocycles. The third-order valence-corrected chi connectivity index (χ3v) is 3.48. The van der Waals surface area contributed by atoms with Gasteiger partial charge in [0, 0.05) is 6.42 Å². The van der Waals surface area contributed by atoms with E-state index in [-0.39, 0.29) is 6.61 Å². The minimum Gasteiger partial charge on any atom is -0.449 e. The van der Waals surface area contributed by atoms with Crippen LogP contribution >= 0.6 is 11.8 Å². The van der Waals surface area contributed by atoms with Crippen LogP contribution in [-0.2, 0) is 13.0 Å². The Morgan fingerprint density at radius 1 is 1.69 bits per heavy atom. The third-order valence-electron chi connectivity index (χ3n) is 2.25. The Balaban J connectivity index is 1.92. The number of nitrogens with zero attached hydrogens (tertiary/aromatic N) is 1. The highest BCUT2D eigenvalue weighted by Crippen LogP contribution is 2.26. The van der Waals surface area contributed by atoms with E-state index in [1.165, 1.54) is 24.2 Å². The summed E-state index contributed by atoms with van der Waals surface area (Å²) in [5.74, 6) is 3.97. The average molecular weight is 199 g/mol. The Bertz CT molecular complexity index is 268. The second-order valence-electron chi connectivity index (χ2n) is 3.32. The molecular formula is C9H13NO2S. The summed E-state index contributed by atoms with van der Waals surface area (Å²) in [6.45, 7) is -0.0249. The summed E-state index contributed by atoms with van der Waals surface area (Å²) in [7, 11) is 0. The molecule has 1 aliphatic heterocycles. The summed E-state index contributed by atoms with van der Waals surface area (Å²) >= 11 is 2.00. The molecule has 0 radical (unpaired) electrons. The maximum absolute atomic E-state index is 8.79. The summed E-state index contributed by atoms with van der Waals surface area (Å²) in [6.07, 6.45) is 3.73. The van der Waals surface area contributed by atoms with Crippen LogP contribution < -0.4 is 0 Å². The van der Waals surface area contributed by atoms with Crippen molar-refractivity contribution in [3.63, 3.8) is 0 Å². The summed E-state index contributed by atoms with van der Waals surface area (Å²) in [5.41, 5.74) is 0.639. The zero-order chi connectivity index (χ0) is 9.10. The van der Waals surface area contributed by atoms with Crippen LogP contribution in [0.2, 0.25) is 0 Å². The summed E-state index contributed by atoms with van der Waals surface area (Å²) < 4.78 is 5.24. The molecule has 0 spiro atoms. The molecule has 1 aromatic heterocycles. The van der Waals surface area contributed by atoms with E-state index in [9.17, 15) is 0 Å². The van der Waals surface area contributed by atoms with Crippen molar-refractivity contribution in [3.8, 4) is 0 Å². The number of thioether (sulfide) groups is 1. The molecule has 1 aliphatic rings. The maximum Gasteiger partial charge on any atom is 0.194 e. The first kappa shape index (κ1) is 9.09. The van der Waals surface area contributed by atoms with Crippen molar-refractivity contribution in [1.29, 1.82) is 0 Å². The van der Waals surface area contributed by atoms with Crippen LogP contribution in [0.15, 0.2) is 10.7 Å². The minimum atomic E-state index is -0.0249. The van der Waals surface area contributed by atoms with Crippen LogP contribution in [0.1, 0.15) is 18.0 Å². The smallest absolute Gasteiger partial charge is 0.194 e. The molecule has 0 aromatic carbocycles. The van der Waals surface area contributed by atoms with Crippen LogP contribution in [0.3, 0.4) is 0 Å². The van der Waals surface area contributed by atoms with Crippen LogP contribution in [0, 0.1) is 5.92 Å². The van der Waals surface area contributed by atoms with Crippen molar-refractivity contribution in [2.45, 2.75) is 19.4 Å². The maximum atomic E-state index is 8.79. The van der Waals surface area contributed by atoms with Crippen molar-refractivity contribution >= 4 is 11.8 Å². The quantitative estimate of drug-likeness (QED) is 0.800. The van der Waals surface area contributed by atoms with Crippen molar-refractivity contribution in [2.24, 2.45) is 5.92 Å². The molecule has 0 amide bonds. The molecule has 2 heterocycles. The van der Waals surface area contributed by atoms with Gasteiger partial charge < -0.3 is 9.52 Å². The lowest BCUT2D eigenvalue weighted by Crippen LogP contribution is -2.02. The predicted octanol–water partition coefficient (Wildman–Crippen LogP) is 1.46. The number of oxazole rings is 1. The molecule has 4 heteroatoms. The molecule has 1 aromatic rings. The molecule has 2 rings (SSSR count). The van der Waals surface area contributed by atoms with Crippen LogP contribution in [0.4, 0.5) is 0 Å². The summed E-state index contributed by atoms with van der Waals surface area (Å²) in [5, 5.41) is 8.79. The van der Waals surface area contributed by atoms with Crippen molar-refractivity contribution < 1.29 is 9.52 Å². The van der Waals surface area contributed by atoms with Crippen LogP contribution in [-0.4, -0.2) is 21.6 Å². The van der Waals surface area contributed by atoms with Gasteiger partial charge in [0.15, 0.2) is 5.89 Å². The zero-order valence-corrected chi connectivity index (χ0v) is 8.22. The Labute approximate surface area is 81.5 Å². The topological polar surface area (TPSA) is 46.3 Å². The van der Waals surface area contributed by atoms with Gasteiger partial charge in [0.25, 0.3) is 0 Å². The lowest BCUT2D eigenvalue weighted by atomic mass is 10.1. The van der Waals surface area contributed by atoms with E-state index in [4.69, 9.17) is 9.52 Å². The number of aliphatic hydroxyl groups is 1. The van der Waals surface area contributed by atoms with Gasteiger partial charge >= 0.3 is 0 Å². The van der Waals surface area contributed by atoms with Gasteiger partial charge in [-0.05, 0) is 23.8 Å². The van der Waals surface area contributed by atoms with Gasteiger partial charge in [-0.1, -0.05) is 0 Å². The first-order valence-corrected chi connectivity index (χ1v) is 5.66. The minimum absolute atomic E-state index is 0.0249. The van der Waals surface area contributed by atoms with Gasteiger partial charge in [-0.25, -0.2) is 4.98 Å². The second kappa shape index (κ2) is 4.15. The molecule has 0 bridgehead atoms. The molecule has 1 atom stereocenters. The lowest BCUT2D eigenvalue weighted by molar-refractivity contribution is 0.276. The van der Waals surface area contributed by atoms with E-state index in [2.05, 4.69) is 4.98 Å². The van der Waals surface area contributed by atoms with Crippen molar-refractivity contribution in [2.75, 3.05) is 11.5 Å². The van der Waals surface area contributed by atoms with E-state index < -0.39 is 0 Å². The number of rotatable bonds is 3. The van der Waals surface area contributed by atoms with Gasteiger partial charge in [0.2, 0.25) is 0 Å². The van der Waals surface area contributed by atoms with E-state index in [1.54, 1.807) is 0 Å². The number of hydrogen-bond acceptors (Lipinski definition) is 4. The fraction of sp³-hybridized carbons (Fsp3) is 0.667. The van der Waals surface area contributed by atoms with Gasteiger partial charge in [0.05, 0.1) is 6.61 Å². The molecule has 1 N–H and O–H groups in total. The Hall–Kier alpha value is -0.480. The van der Waals surface area contributed by atoms with E-state index in [1.807, 2.05) is 11.8 Å². The highest BCUT2D eigenvalue weighted by atomic mass is 32.2. The lowest BCUT2D eigenvalue weighted by Gasteiger charge is -2.02. The highest BCUT2D eigenvalue weighted by molar-refractivity contribution is 7.99. The Morgan fingerprint density at radius 3 is 3.23 bits per heavy atom. The SMILES string of the molecule is OCc1coc(CC2CCSC2)n1. The number of aliphatic hydroxyl groups excluding tert-OH is 1. The molecule has 72 valence electrons. The monoisotopic (exact) mass is 199 g/mol. The van der Waals surface area contributed by atoms with Crippen molar-refractivity contribution in [3.05, 3.63) is 17.8 Å². The van der Waals surface area contributed by atoms with Crippen molar-refractivity contribution in [1.82, 2.24) is 4.98 Å². The highest BCUT2D eigenvalue weighted by Gasteiger charge is 2.18. The molecule has 0 aliphatic carbocycles. The first-order chi connectivity index (χ1) is 6.38. The fourth-order valence-corrected chi connectivity index (χ4v) is 2.79. The Kier molecular flexibility index (Phi) is 2.90. The van der Waals surface area contributed by atoms with E-state index in [0.29, 0.717) is 5.69 Å².